The number of hydrogen-bond acceptors (Lipinski definition) is 6. The van der Waals surface area contributed by atoms with Crippen LogP contribution in [-0.4, -0.2) is 53.6 Å². The quantitative estimate of drug-likeness (QED) is 0.627. The molecule has 1 aliphatic rings. The van der Waals surface area contributed by atoms with E-state index in [1.54, 1.807) is 12.1 Å². The lowest BCUT2D eigenvalue weighted by molar-refractivity contribution is -0.117. The minimum Gasteiger partial charge on any atom is -0.508 e. The Morgan fingerprint density at radius 1 is 1.06 bits per heavy atom. The molecule has 7 heteroatoms. The first-order valence-corrected chi connectivity index (χ1v) is 11.4. The average Bonchev–Trinajstić information content (AvgIpc) is 3.16. The number of thiazole rings is 1. The Kier molecular flexibility index (Phi) is 6.25. The number of hydrogen-bond donors (Lipinski definition) is 2. The van der Waals surface area contributed by atoms with Gasteiger partial charge in [-0.15, -0.1) is 11.3 Å². The average molecular weight is 437 g/mol. The fourth-order valence-electron chi connectivity index (χ4n) is 4.22. The molecule has 1 amide bonds. The molecule has 6 nitrogen and oxygen atoms in total. The Balaban J connectivity index is 1.32. The standard InChI is InChI=1S/C24H28N4O2S/c1-16-12-17(2)23(18(3)13-16)21-15-31-24(25-21)26-22(30)14-27-8-10-28(11-9-27)19-4-6-20(29)7-5-19/h4-7,12-13,15,29H,8-11,14H2,1-3H3,(H,25,26,30). The van der Waals surface area contributed by atoms with Gasteiger partial charge in [-0.3, -0.25) is 9.69 Å². The molecule has 1 aromatic heterocycles. The number of nitrogens with one attached hydrogen (secondary N) is 1. The van der Waals surface area contributed by atoms with Crippen LogP contribution in [-0.2, 0) is 4.79 Å². The zero-order valence-electron chi connectivity index (χ0n) is 18.2. The highest BCUT2D eigenvalue weighted by Crippen LogP contribution is 2.31. The Labute approximate surface area is 187 Å². The summed E-state index contributed by atoms with van der Waals surface area (Å²) in [6.07, 6.45) is 0. The number of aryl methyl sites for hydroxylation is 3. The van der Waals surface area contributed by atoms with Crippen LogP contribution in [0.4, 0.5) is 10.8 Å². The molecule has 4 rings (SSSR count). The van der Waals surface area contributed by atoms with Crippen molar-refractivity contribution in [3.8, 4) is 17.0 Å². The van der Waals surface area contributed by atoms with Crippen LogP contribution >= 0.6 is 11.3 Å². The van der Waals surface area contributed by atoms with Crippen molar-refractivity contribution >= 4 is 28.1 Å². The molecule has 2 heterocycles. The van der Waals surface area contributed by atoms with Gasteiger partial charge in [-0.2, -0.15) is 0 Å². The van der Waals surface area contributed by atoms with E-state index in [0.29, 0.717) is 11.7 Å². The molecular weight excluding hydrogens is 408 g/mol. The summed E-state index contributed by atoms with van der Waals surface area (Å²) in [5.74, 6) is 0.244. The summed E-state index contributed by atoms with van der Waals surface area (Å²) in [6.45, 7) is 10.0. The number of amides is 1. The monoisotopic (exact) mass is 436 g/mol. The maximum absolute atomic E-state index is 12.6. The molecule has 0 radical (unpaired) electrons. The molecule has 0 aliphatic carbocycles. The Hall–Kier alpha value is -2.90. The van der Waals surface area contributed by atoms with Crippen LogP contribution in [0.25, 0.3) is 11.3 Å². The van der Waals surface area contributed by atoms with Gasteiger partial charge in [0.15, 0.2) is 5.13 Å². The number of phenolic OH excluding ortho intramolecular Hbond substituents is 1. The van der Waals surface area contributed by atoms with Crippen LogP contribution in [0.5, 0.6) is 5.75 Å². The molecular formula is C24H28N4O2S. The minimum absolute atomic E-state index is 0.0312. The van der Waals surface area contributed by atoms with E-state index in [-0.39, 0.29) is 11.7 Å². The number of anilines is 2. The summed E-state index contributed by atoms with van der Waals surface area (Å²) in [6, 6.07) is 11.6. The molecule has 0 bridgehead atoms. The van der Waals surface area contributed by atoms with Gasteiger partial charge in [0, 0.05) is 42.8 Å². The fraction of sp³-hybridized carbons (Fsp3) is 0.333. The number of phenols is 1. The van der Waals surface area contributed by atoms with Crippen molar-refractivity contribution in [3.05, 3.63) is 58.5 Å². The first-order valence-electron chi connectivity index (χ1n) is 10.5. The maximum Gasteiger partial charge on any atom is 0.240 e. The molecule has 0 atom stereocenters. The van der Waals surface area contributed by atoms with E-state index in [4.69, 9.17) is 0 Å². The minimum atomic E-state index is -0.0312. The van der Waals surface area contributed by atoms with E-state index in [1.165, 1.54) is 28.0 Å². The third-order valence-corrected chi connectivity index (χ3v) is 6.40. The van der Waals surface area contributed by atoms with Gasteiger partial charge in [0.25, 0.3) is 0 Å². The summed E-state index contributed by atoms with van der Waals surface area (Å²) in [5.41, 5.74) is 6.80. The fourth-order valence-corrected chi connectivity index (χ4v) is 4.94. The highest BCUT2D eigenvalue weighted by molar-refractivity contribution is 7.14. The van der Waals surface area contributed by atoms with Gasteiger partial charge in [-0.25, -0.2) is 4.98 Å². The Morgan fingerprint density at radius 2 is 1.71 bits per heavy atom. The lowest BCUT2D eigenvalue weighted by Gasteiger charge is -2.35. The van der Waals surface area contributed by atoms with Crippen LogP contribution in [0.3, 0.4) is 0 Å². The van der Waals surface area contributed by atoms with E-state index in [2.05, 4.69) is 53.0 Å². The van der Waals surface area contributed by atoms with Gasteiger partial charge in [-0.1, -0.05) is 17.7 Å². The second kappa shape index (κ2) is 9.08. The predicted octanol–water partition coefficient (Wildman–Crippen LogP) is 4.20. The predicted molar refractivity (Wildman–Crippen MR) is 127 cm³/mol. The van der Waals surface area contributed by atoms with Crippen molar-refractivity contribution in [1.82, 2.24) is 9.88 Å². The SMILES string of the molecule is Cc1cc(C)c(-c2csc(NC(=O)CN3CCN(c4ccc(O)cc4)CC3)n2)c(C)c1. The zero-order chi connectivity index (χ0) is 22.0. The molecule has 1 fully saturated rings. The van der Waals surface area contributed by atoms with E-state index in [9.17, 15) is 9.90 Å². The maximum atomic E-state index is 12.6. The van der Waals surface area contributed by atoms with E-state index >= 15 is 0 Å². The normalized spacial score (nSPS) is 14.6. The summed E-state index contributed by atoms with van der Waals surface area (Å²) < 4.78 is 0. The van der Waals surface area contributed by atoms with Crippen molar-refractivity contribution in [3.63, 3.8) is 0 Å². The second-order valence-electron chi connectivity index (χ2n) is 8.14. The summed E-state index contributed by atoms with van der Waals surface area (Å²) in [7, 11) is 0. The van der Waals surface area contributed by atoms with Gasteiger partial charge < -0.3 is 15.3 Å². The smallest absolute Gasteiger partial charge is 0.240 e. The van der Waals surface area contributed by atoms with E-state index < -0.39 is 0 Å². The topological polar surface area (TPSA) is 68.7 Å². The summed E-state index contributed by atoms with van der Waals surface area (Å²) in [4.78, 5) is 21.7. The van der Waals surface area contributed by atoms with Gasteiger partial charge in [-0.05, 0) is 56.2 Å². The van der Waals surface area contributed by atoms with Crippen molar-refractivity contribution in [2.75, 3.05) is 42.9 Å². The molecule has 1 saturated heterocycles. The van der Waals surface area contributed by atoms with E-state index in [0.717, 1.165) is 43.1 Å². The van der Waals surface area contributed by atoms with Crippen LogP contribution in [0.15, 0.2) is 41.8 Å². The molecule has 2 aromatic carbocycles. The Morgan fingerprint density at radius 3 is 2.35 bits per heavy atom. The zero-order valence-corrected chi connectivity index (χ0v) is 19.0. The first kappa shape index (κ1) is 21.3. The number of nitrogens with zero attached hydrogens (tertiary/aromatic N) is 3. The van der Waals surface area contributed by atoms with Crippen molar-refractivity contribution in [2.45, 2.75) is 20.8 Å². The number of aromatic hydroxyl groups is 1. The van der Waals surface area contributed by atoms with Gasteiger partial charge in [0.1, 0.15) is 5.75 Å². The van der Waals surface area contributed by atoms with Crippen LogP contribution in [0, 0.1) is 20.8 Å². The van der Waals surface area contributed by atoms with Crippen LogP contribution < -0.4 is 10.2 Å². The number of piperazine rings is 1. The van der Waals surface area contributed by atoms with E-state index in [1.807, 2.05) is 17.5 Å². The number of aromatic nitrogens is 1. The lowest BCUT2D eigenvalue weighted by atomic mass is 9.98. The highest BCUT2D eigenvalue weighted by atomic mass is 32.1. The molecule has 1 aliphatic heterocycles. The summed E-state index contributed by atoms with van der Waals surface area (Å²) in [5, 5.41) is 15.1. The lowest BCUT2D eigenvalue weighted by Crippen LogP contribution is -2.48. The third-order valence-electron chi connectivity index (χ3n) is 5.64. The molecule has 162 valence electrons. The molecule has 2 N–H and O–H groups in total. The van der Waals surface area contributed by atoms with Gasteiger partial charge in [0.05, 0.1) is 12.2 Å². The van der Waals surface area contributed by atoms with Crippen molar-refractivity contribution in [1.29, 1.82) is 0 Å². The van der Waals surface area contributed by atoms with Gasteiger partial charge in [0.2, 0.25) is 5.91 Å². The number of benzene rings is 2. The highest BCUT2D eigenvalue weighted by Gasteiger charge is 2.20. The van der Waals surface area contributed by atoms with Crippen molar-refractivity contribution in [2.24, 2.45) is 0 Å². The molecule has 31 heavy (non-hydrogen) atoms. The number of rotatable bonds is 5. The number of carbonyl (C=O) groups is 1. The van der Waals surface area contributed by atoms with Crippen LogP contribution in [0.1, 0.15) is 16.7 Å². The van der Waals surface area contributed by atoms with Gasteiger partial charge >= 0.3 is 0 Å². The Bertz CT molecular complexity index is 1050. The van der Waals surface area contributed by atoms with Crippen molar-refractivity contribution < 1.29 is 9.90 Å². The number of carbonyl (C=O) groups excluding carboxylic acids is 1. The molecule has 0 unspecified atom stereocenters. The first-order chi connectivity index (χ1) is 14.9. The molecule has 0 saturated carbocycles. The largest absolute Gasteiger partial charge is 0.508 e. The molecule has 3 aromatic rings. The molecule has 0 spiro atoms. The van der Waals surface area contributed by atoms with Crippen LogP contribution in [0.2, 0.25) is 0 Å². The second-order valence-corrected chi connectivity index (χ2v) is 9.00. The summed E-state index contributed by atoms with van der Waals surface area (Å²) >= 11 is 1.46. The third kappa shape index (κ3) is 5.06.